The van der Waals surface area contributed by atoms with Gasteiger partial charge in [-0.2, -0.15) is 5.10 Å². The van der Waals surface area contributed by atoms with Crippen LogP contribution in [0.1, 0.15) is 18.2 Å². The Hall–Kier alpha value is -2.61. The van der Waals surface area contributed by atoms with Gasteiger partial charge in [0.25, 0.3) is 0 Å². The number of amides is 1. The summed E-state index contributed by atoms with van der Waals surface area (Å²) in [4.78, 5) is 20.5. The van der Waals surface area contributed by atoms with E-state index in [9.17, 15) is 9.18 Å². The SMILES string of the molecule is C[C@@H](Cc1ccccc1F)NC(=O)Cc1csc(-c2ncn[nH]2)n1. The maximum atomic E-state index is 13.6. The van der Waals surface area contributed by atoms with Crippen LogP contribution in [0.2, 0.25) is 0 Å². The fourth-order valence-corrected chi connectivity index (χ4v) is 3.10. The summed E-state index contributed by atoms with van der Waals surface area (Å²) in [6.07, 6.45) is 2.03. The summed E-state index contributed by atoms with van der Waals surface area (Å²) in [7, 11) is 0. The predicted octanol–water partition coefficient (Wildman–Crippen LogP) is 2.36. The fraction of sp³-hybridized carbons (Fsp3) is 0.250. The first-order valence-electron chi connectivity index (χ1n) is 7.44. The van der Waals surface area contributed by atoms with E-state index >= 15 is 0 Å². The first kappa shape index (κ1) is 16.3. The van der Waals surface area contributed by atoms with Gasteiger partial charge < -0.3 is 5.32 Å². The van der Waals surface area contributed by atoms with E-state index in [1.165, 1.54) is 23.7 Å². The minimum absolute atomic E-state index is 0.145. The number of thiazole rings is 1. The third-order valence-corrected chi connectivity index (χ3v) is 4.30. The Labute approximate surface area is 142 Å². The third-order valence-electron chi connectivity index (χ3n) is 3.40. The minimum Gasteiger partial charge on any atom is -0.353 e. The number of H-pyrrole nitrogens is 1. The van der Waals surface area contributed by atoms with Gasteiger partial charge >= 0.3 is 0 Å². The normalized spacial score (nSPS) is 12.1. The van der Waals surface area contributed by atoms with Crippen molar-refractivity contribution in [2.45, 2.75) is 25.8 Å². The molecule has 1 atom stereocenters. The molecule has 0 spiro atoms. The van der Waals surface area contributed by atoms with Crippen molar-refractivity contribution in [2.75, 3.05) is 0 Å². The Balaban J connectivity index is 1.55. The van der Waals surface area contributed by atoms with Gasteiger partial charge in [0.1, 0.15) is 12.1 Å². The van der Waals surface area contributed by atoms with Crippen molar-refractivity contribution in [3.63, 3.8) is 0 Å². The first-order chi connectivity index (χ1) is 11.6. The molecular weight excluding hydrogens is 329 g/mol. The summed E-state index contributed by atoms with van der Waals surface area (Å²) in [6, 6.07) is 6.41. The molecule has 8 heteroatoms. The van der Waals surface area contributed by atoms with Crippen LogP contribution in [-0.2, 0) is 17.6 Å². The van der Waals surface area contributed by atoms with Crippen LogP contribution in [0.25, 0.3) is 10.8 Å². The lowest BCUT2D eigenvalue weighted by Crippen LogP contribution is -2.35. The van der Waals surface area contributed by atoms with Crippen LogP contribution in [0.15, 0.2) is 36.0 Å². The lowest BCUT2D eigenvalue weighted by atomic mass is 10.1. The van der Waals surface area contributed by atoms with Crippen molar-refractivity contribution in [1.82, 2.24) is 25.5 Å². The lowest BCUT2D eigenvalue weighted by molar-refractivity contribution is -0.121. The molecule has 2 N–H and O–H groups in total. The summed E-state index contributed by atoms with van der Waals surface area (Å²) < 4.78 is 13.6. The fourth-order valence-electron chi connectivity index (χ4n) is 2.34. The van der Waals surface area contributed by atoms with Gasteiger partial charge in [-0.15, -0.1) is 11.3 Å². The summed E-state index contributed by atoms with van der Waals surface area (Å²) in [5.41, 5.74) is 1.26. The molecule has 24 heavy (non-hydrogen) atoms. The zero-order chi connectivity index (χ0) is 16.9. The Morgan fingerprint density at radius 3 is 3.00 bits per heavy atom. The molecule has 2 aromatic heterocycles. The molecular formula is C16H16FN5OS. The first-order valence-corrected chi connectivity index (χ1v) is 8.32. The number of hydrogen-bond donors (Lipinski definition) is 2. The average Bonchev–Trinajstić information content (AvgIpc) is 3.20. The summed E-state index contributed by atoms with van der Waals surface area (Å²) in [6.45, 7) is 1.85. The molecule has 0 aliphatic carbocycles. The highest BCUT2D eigenvalue weighted by atomic mass is 32.1. The van der Waals surface area contributed by atoms with E-state index < -0.39 is 0 Å². The molecule has 0 unspecified atom stereocenters. The smallest absolute Gasteiger partial charge is 0.226 e. The predicted molar refractivity (Wildman–Crippen MR) is 88.9 cm³/mol. The number of rotatable bonds is 6. The summed E-state index contributed by atoms with van der Waals surface area (Å²) in [5.74, 6) is 0.183. The van der Waals surface area contributed by atoms with Crippen LogP contribution in [0.4, 0.5) is 4.39 Å². The highest BCUT2D eigenvalue weighted by molar-refractivity contribution is 7.13. The number of hydrogen-bond acceptors (Lipinski definition) is 5. The van der Waals surface area contributed by atoms with Gasteiger partial charge in [0, 0.05) is 11.4 Å². The van der Waals surface area contributed by atoms with Crippen LogP contribution >= 0.6 is 11.3 Å². The van der Waals surface area contributed by atoms with Crippen LogP contribution in [-0.4, -0.2) is 32.1 Å². The topological polar surface area (TPSA) is 83.6 Å². The van der Waals surface area contributed by atoms with Crippen molar-refractivity contribution >= 4 is 17.2 Å². The molecule has 0 saturated carbocycles. The van der Waals surface area contributed by atoms with Crippen molar-refractivity contribution in [3.8, 4) is 10.8 Å². The molecule has 0 aliphatic heterocycles. The van der Waals surface area contributed by atoms with Gasteiger partial charge in [0.05, 0.1) is 12.1 Å². The molecule has 0 aliphatic rings. The Morgan fingerprint density at radius 1 is 1.42 bits per heavy atom. The average molecular weight is 345 g/mol. The highest BCUT2D eigenvalue weighted by Crippen LogP contribution is 2.19. The number of halogens is 1. The van der Waals surface area contributed by atoms with Gasteiger partial charge in [-0.3, -0.25) is 9.89 Å². The van der Waals surface area contributed by atoms with Crippen LogP contribution < -0.4 is 5.32 Å². The Kier molecular flexibility index (Phi) is 4.95. The largest absolute Gasteiger partial charge is 0.353 e. The molecule has 124 valence electrons. The molecule has 3 aromatic rings. The van der Waals surface area contributed by atoms with E-state index in [1.807, 2.05) is 12.3 Å². The Morgan fingerprint density at radius 2 is 2.25 bits per heavy atom. The molecule has 6 nitrogen and oxygen atoms in total. The van der Waals surface area contributed by atoms with Gasteiger partial charge in [0.15, 0.2) is 10.8 Å². The molecule has 0 bridgehead atoms. The molecule has 3 rings (SSSR count). The second-order valence-electron chi connectivity index (χ2n) is 5.42. The van der Waals surface area contributed by atoms with Crippen LogP contribution in [0, 0.1) is 5.82 Å². The number of aromatic amines is 1. The number of aromatic nitrogens is 4. The minimum atomic E-state index is -0.255. The number of nitrogens with zero attached hydrogens (tertiary/aromatic N) is 3. The molecule has 1 amide bonds. The van der Waals surface area contributed by atoms with E-state index in [4.69, 9.17) is 0 Å². The van der Waals surface area contributed by atoms with Gasteiger partial charge in [-0.05, 0) is 25.0 Å². The summed E-state index contributed by atoms with van der Waals surface area (Å²) in [5, 5.41) is 11.9. The molecule has 1 aromatic carbocycles. The van der Waals surface area contributed by atoms with Gasteiger partial charge in [-0.1, -0.05) is 18.2 Å². The second-order valence-corrected chi connectivity index (χ2v) is 6.28. The number of carbonyl (C=O) groups excluding carboxylic acids is 1. The van der Waals surface area contributed by atoms with Crippen molar-refractivity contribution in [1.29, 1.82) is 0 Å². The molecule has 2 heterocycles. The Bertz CT molecular complexity index is 818. The third kappa shape index (κ3) is 4.02. The van der Waals surface area contributed by atoms with E-state index in [-0.39, 0.29) is 24.2 Å². The van der Waals surface area contributed by atoms with Gasteiger partial charge in [-0.25, -0.2) is 14.4 Å². The van der Waals surface area contributed by atoms with Gasteiger partial charge in [0.2, 0.25) is 5.91 Å². The molecule has 0 saturated heterocycles. The summed E-state index contributed by atoms with van der Waals surface area (Å²) >= 11 is 1.40. The maximum absolute atomic E-state index is 13.6. The second kappa shape index (κ2) is 7.31. The van der Waals surface area contributed by atoms with Crippen LogP contribution in [0.3, 0.4) is 0 Å². The number of benzene rings is 1. The van der Waals surface area contributed by atoms with Crippen molar-refractivity contribution in [3.05, 3.63) is 53.0 Å². The lowest BCUT2D eigenvalue weighted by Gasteiger charge is -2.14. The quantitative estimate of drug-likeness (QED) is 0.718. The molecule has 0 radical (unpaired) electrons. The van der Waals surface area contributed by atoms with E-state index in [0.717, 1.165) is 0 Å². The zero-order valence-corrected chi connectivity index (χ0v) is 13.8. The van der Waals surface area contributed by atoms with E-state index in [1.54, 1.807) is 18.2 Å². The monoisotopic (exact) mass is 345 g/mol. The number of nitrogens with one attached hydrogen (secondary N) is 2. The van der Waals surface area contributed by atoms with E-state index in [2.05, 4.69) is 25.5 Å². The maximum Gasteiger partial charge on any atom is 0.226 e. The number of carbonyl (C=O) groups is 1. The van der Waals surface area contributed by atoms with Crippen molar-refractivity contribution < 1.29 is 9.18 Å². The zero-order valence-electron chi connectivity index (χ0n) is 13.0. The van der Waals surface area contributed by atoms with E-state index in [0.29, 0.717) is 28.5 Å². The van der Waals surface area contributed by atoms with Crippen LogP contribution in [0.5, 0.6) is 0 Å². The highest BCUT2D eigenvalue weighted by Gasteiger charge is 2.13. The standard InChI is InChI=1S/C16H16FN5OS/c1-10(6-11-4-2-3-5-13(11)17)20-14(23)7-12-8-24-16(21-12)15-18-9-19-22-15/h2-5,8-10H,6-7H2,1H3,(H,20,23)(H,18,19,22)/t10-/m0/s1. The van der Waals surface area contributed by atoms with Crippen molar-refractivity contribution in [2.24, 2.45) is 0 Å². The molecule has 0 fully saturated rings.